The van der Waals surface area contributed by atoms with Crippen LogP contribution >= 0.6 is 23.5 Å². The minimum Gasteiger partial charge on any atom is -0.386 e. The highest BCUT2D eigenvalue weighted by Crippen LogP contribution is 2.42. The van der Waals surface area contributed by atoms with Gasteiger partial charge in [-0.25, -0.2) is 9.59 Å². The van der Waals surface area contributed by atoms with Crippen molar-refractivity contribution < 1.29 is 23.8 Å². The van der Waals surface area contributed by atoms with Gasteiger partial charge in [0.1, 0.15) is 0 Å². The predicted molar refractivity (Wildman–Crippen MR) is 210 cm³/mol. The molecule has 0 saturated carbocycles. The Kier molecular flexibility index (Phi) is 12.3. The van der Waals surface area contributed by atoms with Gasteiger partial charge in [-0.3, -0.25) is 0 Å². The van der Waals surface area contributed by atoms with Gasteiger partial charge in [0, 0.05) is 56.6 Å². The maximum absolute atomic E-state index is 12.8. The van der Waals surface area contributed by atoms with Gasteiger partial charge < -0.3 is 14.2 Å². The molecule has 0 N–H and O–H groups in total. The number of hydrogen-bond acceptors (Lipinski definition) is 7. The van der Waals surface area contributed by atoms with E-state index in [1.807, 2.05) is 30.4 Å². The minimum atomic E-state index is -0.714. The van der Waals surface area contributed by atoms with E-state index in [0.29, 0.717) is 13.2 Å². The molecule has 0 fully saturated rings. The molecule has 2 aliphatic heterocycles. The van der Waals surface area contributed by atoms with Crippen molar-refractivity contribution in [2.75, 3.05) is 38.4 Å². The summed E-state index contributed by atoms with van der Waals surface area (Å²) in [7, 11) is 1.76. The summed E-state index contributed by atoms with van der Waals surface area (Å²) in [6, 6.07) is 26.4. The Morgan fingerprint density at radius 1 is 0.635 bits per heavy atom. The largest absolute Gasteiger partial charge is 0.386 e. The summed E-state index contributed by atoms with van der Waals surface area (Å²) >= 11 is 3.76. The first kappa shape index (κ1) is 37.5. The van der Waals surface area contributed by atoms with Crippen LogP contribution in [0.25, 0.3) is 0 Å². The van der Waals surface area contributed by atoms with E-state index in [9.17, 15) is 9.59 Å². The second-order valence-electron chi connectivity index (χ2n) is 13.8. The van der Waals surface area contributed by atoms with Crippen molar-refractivity contribution in [2.24, 2.45) is 0 Å². The maximum atomic E-state index is 12.8. The van der Waals surface area contributed by atoms with Crippen molar-refractivity contribution in [3.63, 3.8) is 0 Å². The summed E-state index contributed by atoms with van der Waals surface area (Å²) in [6.07, 6.45) is 4.50. The van der Waals surface area contributed by atoms with Crippen LogP contribution in [0, 0.1) is 23.7 Å². The van der Waals surface area contributed by atoms with E-state index < -0.39 is 11.9 Å². The quantitative estimate of drug-likeness (QED) is 0.107. The molecule has 2 aliphatic rings. The highest BCUT2D eigenvalue weighted by atomic mass is 32.2. The summed E-state index contributed by atoms with van der Waals surface area (Å²) in [5, 5.41) is 0. The molecule has 52 heavy (non-hydrogen) atoms. The zero-order valence-corrected chi connectivity index (χ0v) is 31.9. The Balaban J connectivity index is 1.06. The summed E-state index contributed by atoms with van der Waals surface area (Å²) in [5.74, 6) is 13.7. The second-order valence-corrected chi connectivity index (χ2v) is 16.1. The molecular weight excluding hydrogens is 685 g/mol. The van der Waals surface area contributed by atoms with E-state index in [1.54, 1.807) is 55.6 Å². The number of ether oxygens (including phenoxy) is 3. The third kappa shape index (κ3) is 9.03. The Labute approximate surface area is 316 Å². The lowest BCUT2D eigenvalue weighted by Gasteiger charge is -2.29. The van der Waals surface area contributed by atoms with E-state index in [2.05, 4.69) is 73.9 Å². The first-order valence-corrected chi connectivity index (χ1v) is 19.8. The molecule has 0 spiro atoms. The molecule has 2 heterocycles. The molecule has 0 bridgehead atoms. The number of esters is 2. The average Bonchev–Trinajstić information content (AvgIpc) is 3.43. The molecule has 4 aromatic carbocycles. The van der Waals surface area contributed by atoms with E-state index in [4.69, 9.17) is 14.2 Å². The zero-order valence-electron chi connectivity index (χ0n) is 30.3. The van der Waals surface area contributed by atoms with Crippen LogP contribution in [0.15, 0.2) is 94.7 Å². The van der Waals surface area contributed by atoms with Crippen molar-refractivity contribution in [3.05, 3.63) is 129 Å². The van der Waals surface area contributed by atoms with Crippen LogP contribution in [-0.2, 0) is 25.0 Å². The molecule has 0 amide bonds. The Hall–Kier alpha value is -4.24. The Morgan fingerprint density at radius 3 is 1.50 bits per heavy atom. The SMILES string of the molecule is CCOCC1(C)CCCSc2cc(C#Cc3ccc(C(=O)OC(=O)c4ccc(C#Cc5ccc6c(c5)SCCCC6(C)COC)cc4)cc3)ccc21. The zero-order chi connectivity index (χ0) is 36.6. The third-order valence-electron chi connectivity index (χ3n) is 9.74. The van der Waals surface area contributed by atoms with Crippen molar-refractivity contribution in [1.82, 2.24) is 0 Å². The lowest BCUT2D eigenvalue weighted by Crippen LogP contribution is -2.28. The van der Waals surface area contributed by atoms with E-state index in [1.165, 1.54) is 20.9 Å². The molecule has 0 aromatic heterocycles. The minimum absolute atomic E-state index is 0.000743. The van der Waals surface area contributed by atoms with Gasteiger partial charge in [0.05, 0.1) is 24.3 Å². The Morgan fingerprint density at radius 2 is 1.06 bits per heavy atom. The van der Waals surface area contributed by atoms with Crippen LogP contribution in [0.4, 0.5) is 0 Å². The number of rotatable bonds is 7. The topological polar surface area (TPSA) is 61.8 Å². The van der Waals surface area contributed by atoms with Gasteiger partial charge in [-0.05, 0) is 128 Å². The van der Waals surface area contributed by atoms with E-state index >= 15 is 0 Å². The second kappa shape index (κ2) is 17.1. The van der Waals surface area contributed by atoms with Crippen molar-refractivity contribution in [2.45, 2.75) is 67.1 Å². The smallest absolute Gasteiger partial charge is 0.346 e. The summed E-state index contributed by atoms with van der Waals surface area (Å²) < 4.78 is 16.6. The number of benzene rings is 4. The fourth-order valence-electron chi connectivity index (χ4n) is 6.81. The van der Waals surface area contributed by atoms with Gasteiger partial charge in [0.25, 0.3) is 0 Å². The lowest BCUT2D eigenvalue weighted by atomic mass is 9.79. The lowest BCUT2D eigenvalue weighted by molar-refractivity contribution is 0.0397. The maximum Gasteiger partial charge on any atom is 0.346 e. The molecular formula is C45H44O5S2. The van der Waals surface area contributed by atoms with Crippen molar-refractivity contribution in [3.8, 4) is 23.7 Å². The van der Waals surface area contributed by atoms with Crippen LogP contribution in [0.3, 0.4) is 0 Å². The number of carbonyl (C=O) groups is 2. The molecule has 5 nitrogen and oxygen atoms in total. The standard InChI is InChI=1S/C45H44O5S2/c1-5-49-31-45(3)25-7-27-52-41-29-35(17-23-39(41)45)11-9-33-14-20-37(21-15-33)43(47)50-42(46)36-18-12-32(13-19-36)8-10-34-16-22-38-40(28-34)51-26-6-24-44(38,2)30-48-4/h12-23,28-29H,5-7,24-27,30-31H2,1-4H3. The van der Waals surface area contributed by atoms with Gasteiger partial charge in [-0.1, -0.05) is 49.7 Å². The molecule has 4 aromatic rings. The molecule has 0 saturated heterocycles. The third-order valence-corrected chi connectivity index (χ3v) is 12.0. The number of thioether (sulfide) groups is 2. The first-order valence-electron chi connectivity index (χ1n) is 17.8. The molecule has 266 valence electrons. The number of fused-ring (bicyclic) bond motifs is 2. The average molecular weight is 729 g/mol. The fraction of sp³-hybridized carbons (Fsp3) is 0.333. The summed E-state index contributed by atoms with van der Waals surface area (Å²) in [6.45, 7) is 8.73. The summed E-state index contributed by atoms with van der Waals surface area (Å²) in [4.78, 5) is 28.1. The number of methoxy groups -OCH3 is 1. The van der Waals surface area contributed by atoms with Gasteiger partial charge >= 0.3 is 11.9 Å². The van der Waals surface area contributed by atoms with E-state index in [0.717, 1.165) is 66.0 Å². The monoisotopic (exact) mass is 728 g/mol. The number of carbonyl (C=O) groups excluding carboxylic acids is 2. The summed E-state index contributed by atoms with van der Waals surface area (Å²) in [5.41, 5.74) is 6.61. The number of hydrogen-bond donors (Lipinski definition) is 0. The van der Waals surface area contributed by atoms with Crippen LogP contribution in [0.5, 0.6) is 0 Å². The fourth-order valence-corrected chi connectivity index (χ4v) is 9.19. The highest BCUT2D eigenvalue weighted by Gasteiger charge is 2.32. The van der Waals surface area contributed by atoms with Gasteiger partial charge in [0.2, 0.25) is 0 Å². The molecule has 2 unspecified atom stereocenters. The molecule has 7 heteroatoms. The van der Waals surface area contributed by atoms with Crippen LogP contribution in [-0.4, -0.2) is 50.4 Å². The van der Waals surface area contributed by atoms with E-state index in [-0.39, 0.29) is 22.0 Å². The molecule has 2 atom stereocenters. The van der Waals surface area contributed by atoms with Crippen LogP contribution in [0.1, 0.15) is 101 Å². The first-order chi connectivity index (χ1) is 25.2. The van der Waals surface area contributed by atoms with Gasteiger partial charge in [-0.2, -0.15) is 0 Å². The van der Waals surface area contributed by atoms with Crippen molar-refractivity contribution in [1.29, 1.82) is 0 Å². The Bertz CT molecular complexity index is 2050. The molecule has 0 aliphatic carbocycles. The highest BCUT2D eigenvalue weighted by molar-refractivity contribution is 7.99. The molecule has 0 radical (unpaired) electrons. The van der Waals surface area contributed by atoms with Crippen LogP contribution < -0.4 is 0 Å². The van der Waals surface area contributed by atoms with Gasteiger partial charge in [0.15, 0.2) is 0 Å². The van der Waals surface area contributed by atoms with Gasteiger partial charge in [-0.15, -0.1) is 23.5 Å². The molecule has 6 rings (SSSR count). The predicted octanol–water partition coefficient (Wildman–Crippen LogP) is 9.45. The van der Waals surface area contributed by atoms with Crippen molar-refractivity contribution >= 4 is 35.5 Å². The van der Waals surface area contributed by atoms with Crippen LogP contribution in [0.2, 0.25) is 0 Å². The normalized spacial score (nSPS) is 19.3.